The number of carbonyl (C=O) groups is 1. The van der Waals surface area contributed by atoms with Gasteiger partial charge >= 0.3 is 6.09 Å². The summed E-state index contributed by atoms with van der Waals surface area (Å²) in [6.45, 7) is 2.44. The molecule has 0 radical (unpaired) electrons. The molecule has 6 heteroatoms. The zero-order chi connectivity index (χ0) is 15.0. The van der Waals surface area contributed by atoms with Gasteiger partial charge in [-0.2, -0.15) is 0 Å². The lowest BCUT2D eigenvalue weighted by molar-refractivity contribution is -0.149. The maximum absolute atomic E-state index is 13.3. The van der Waals surface area contributed by atoms with Crippen LogP contribution < -0.4 is 4.90 Å². The molecule has 2 unspecified atom stereocenters. The van der Waals surface area contributed by atoms with Crippen molar-refractivity contribution in [1.82, 2.24) is 4.90 Å². The molecule has 0 aromatic heterocycles. The Balaban J connectivity index is 1.95. The third kappa shape index (κ3) is 2.28. The van der Waals surface area contributed by atoms with Crippen molar-refractivity contribution in [2.24, 2.45) is 0 Å². The molecular formula is C15H19FN2O3. The summed E-state index contributed by atoms with van der Waals surface area (Å²) < 4.78 is 18.6. The van der Waals surface area contributed by atoms with Gasteiger partial charge in [-0.05, 0) is 31.9 Å². The second kappa shape index (κ2) is 5.27. The largest absolute Gasteiger partial charge is 0.439 e. The van der Waals surface area contributed by atoms with Gasteiger partial charge in [0.25, 0.3) is 0 Å². The predicted molar refractivity (Wildman–Crippen MR) is 75.5 cm³/mol. The van der Waals surface area contributed by atoms with Crippen LogP contribution in [0, 0.1) is 0 Å². The Labute approximate surface area is 122 Å². The number of likely N-dealkylation sites (tertiary alicyclic amines) is 1. The highest BCUT2D eigenvalue weighted by molar-refractivity contribution is 5.91. The summed E-state index contributed by atoms with van der Waals surface area (Å²) in [7, 11) is 0. The molecular weight excluding hydrogens is 275 g/mol. The van der Waals surface area contributed by atoms with E-state index in [0.717, 1.165) is 0 Å². The first-order chi connectivity index (χ1) is 10.0. The van der Waals surface area contributed by atoms with Crippen molar-refractivity contribution in [3.05, 3.63) is 30.3 Å². The topological polar surface area (TPSA) is 53.0 Å². The van der Waals surface area contributed by atoms with Crippen molar-refractivity contribution in [1.29, 1.82) is 0 Å². The fourth-order valence-electron chi connectivity index (χ4n) is 3.05. The number of hydrogen-bond acceptors (Lipinski definition) is 4. The first-order valence-corrected chi connectivity index (χ1v) is 7.21. The van der Waals surface area contributed by atoms with E-state index in [-0.39, 0.29) is 0 Å². The number of benzene rings is 1. The molecule has 2 fully saturated rings. The molecule has 0 spiro atoms. The number of para-hydroxylation sites is 1. The molecule has 21 heavy (non-hydrogen) atoms. The van der Waals surface area contributed by atoms with Gasteiger partial charge in [0, 0.05) is 13.1 Å². The van der Waals surface area contributed by atoms with Crippen LogP contribution in [0.1, 0.15) is 19.8 Å². The van der Waals surface area contributed by atoms with Gasteiger partial charge in [0.2, 0.25) is 5.85 Å². The lowest BCUT2D eigenvalue weighted by Crippen LogP contribution is -2.64. The Hall–Kier alpha value is -1.66. The lowest BCUT2D eigenvalue weighted by atomic mass is 10.1. The minimum Gasteiger partial charge on any atom is -0.439 e. The Kier molecular flexibility index (Phi) is 3.59. The van der Waals surface area contributed by atoms with E-state index in [2.05, 4.69) is 0 Å². The Morgan fingerprint density at radius 1 is 1.29 bits per heavy atom. The molecule has 2 saturated heterocycles. The standard InChI is InChI=1S/C15H19FN2O3/c1-11-15(20,17-9-7-12(16)8-10-17)18(14(19)21-11)13-5-3-2-4-6-13/h2-6,11-12,20H,7-10H2,1H3. The molecule has 0 aliphatic carbocycles. The minimum absolute atomic E-state index is 0.353. The van der Waals surface area contributed by atoms with Crippen LogP contribution in [0.4, 0.5) is 14.9 Å². The van der Waals surface area contributed by atoms with Crippen LogP contribution in [-0.4, -0.2) is 47.3 Å². The van der Waals surface area contributed by atoms with E-state index in [4.69, 9.17) is 4.74 Å². The van der Waals surface area contributed by atoms with Crippen LogP contribution in [0.3, 0.4) is 0 Å². The molecule has 2 aliphatic rings. The highest BCUT2D eigenvalue weighted by atomic mass is 19.1. The van der Waals surface area contributed by atoms with Gasteiger partial charge in [0.15, 0.2) is 6.10 Å². The molecule has 1 aromatic carbocycles. The second-order valence-corrected chi connectivity index (χ2v) is 5.55. The summed E-state index contributed by atoms with van der Waals surface area (Å²) in [4.78, 5) is 15.1. The molecule has 2 aliphatic heterocycles. The van der Waals surface area contributed by atoms with Gasteiger partial charge in [0.05, 0.1) is 5.69 Å². The molecule has 0 bridgehead atoms. The zero-order valence-corrected chi connectivity index (χ0v) is 11.9. The number of rotatable bonds is 2. The third-order valence-corrected chi connectivity index (χ3v) is 4.24. The van der Waals surface area contributed by atoms with Gasteiger partial charge in [0.1, 0.15) is 6.17 Å². The Morgan fingerprint density at radius 2 is 1.90 bits per heavy atom. The van der Waals surface area contributed by atoms with E-state index < -0.39 is 24.2 Å². The number of piperidine rings is 1. The summed E-state index contributed by atoms with van der Waals surface area (Å²) in [6.07, 6.45) is -1.43. The van der Waals surface area contributed by atoms with Crippen molar-refractivity contribution < 1.29 is 19.0 Å². The quantitative estimate of drug-likeness (QED) is 0.907. The lowest BCUT2D eigenvalue weighted by Gasteiger charge is -2.44. The van der Waals surface area contributed by atoms with Gasteiger partial charge < -0.3 is 9.84 Å². The van der Waals surface area contributed by atoms with Gasteiger partial charge in [-0.3, -0.25) is 4.90 Å². The van der Waals surface area contributed by atoms with E-state index >= 15 is 0 Å². The number of aliphatic hydroxyl groups is 1. The maximum atomic E-state index is 13.3. The minimum atomic E-state index is -1.57. The second-order valence-electron chi connectivity index (χ2n) is 5.55. The van der Waals surface area contributed by atoms with Crippen LogP contribution in [0.2, 0.25) is 0 Å². The molecule has 1 aromatic rings. The van der Waals surface area contributed by atoms with E-state index in [9.17, 15) is 14.3 Å². The van der Waals surface area contributed by atoms with Crippen LogP contribution in [0.15, 0.2) is 30.3 Å². The Morgan fingerprint density at radius 3 is 2.52 bits per heavy atom. The van der Waals surface area contributed by atoms with Crippen LogP contribution in [0.5, 0.6) is 0 Å². The first kappa shape index (κ1) is 14.3. The molecule has 2 atom stereocenters. The molecule has 3 rings (SSSR count). The molecule has 2 heterocycles. The van der Waals surface area contributed by atoms with Crippen molar-refractivity contribution >= 4 is 11.8 Å². The maximum Gasteiger partial charge on any atom is 0.418 e. The summed E-state index contributed by atoms with van der Waals surface area (Å²) in [5.41, 5.74) is 0.566. The smallest absolute Gasteiger partial charge is 0.418 e. The number of hydrogen-bond donors (Lipinski definition) is 1. The molecule has 0 saturated carbocycles. The number of amides is 1. The first-order valence-electron chi connectivity index (χ1n) is 7.21. The normalized spacial score (nSPS) is 31.5. The van der Waals surface area contributed by atoms with Gasteiger partial charge in [-0.25, -0.2) is 14.1 Å². The van der Waals surface area contributed by atoms with Crippen molar-refractivity contribution in [3.8, 4) is 0 Å². The summed E-state index contributed by atoms with van der Waals surface area (Å²) in [5.74, 6) is -1.57. The zero-order valence-electron chi connectivity index (χ0n) is 11.9. The molecule has 114 valence electrons. The number of halogens is 1. The monoisotopic (exact) mass is 294 g/mol. The molecule has 1 N–H and O–H groups in total. The SMILES string of the molecule is CC1OC(=O)N(c2ccccc2)C1(O)N1CCC(F)CC1. The third-order valence-electron chi connectivity index (χ3n) is 4.24. The summed E-state index contributed by atoms with van der Waals surface area (Å²) in [6, 6.07) is 8.90. The number of cyclic esters (lactones) is 1. The van der Waals surface area contributed by atoms with Crippen molar-refractivity contribution in [2.45, 2.75) is 37.9 Å². The van der Waals surface area contributed by atoms with Crippen molar-refractivity contribution in [2.75, 3.05) is 18.0 Å². The number of carbonyl (C=O) groups excluding carboxylic acids is 1. The summed E-state index contributed by atoms with van der Waals surface area (Å²) in [5, 5.41) is 11.1. The fraction of sp³-hybridized carbons (Fsp3) is 0.533. The van der Waals surface area contributed by atoms with Gasteiger partial charge in [-0.1, -0.05) is 18.2 Å². The van der Waals surface area contributed by atoms with E-state index in [0.29, 0.717) is 31.6 Å². The highest BCUT2D eigenvalue weighted by Gasteiger charge is 2.57. The number of ether oxygens (including phenoxy) is 1. The van der Waals surface area contributed by atoms with E-state index in [1.807, 2.05) is 6.07 Å². The average molecular weight is 294 g/mol. The van der Waals surface area contributed by atoms with Gasteiger partial charge in [-0.15, -0.1) is 0 Å². The summed E-state index contributed by atoms with van der Waals surface area (Å²) >= 11 is 0. The predicted octanol–water partition coefficient (Wildman–Crippen LogP) is 2.11. The van der Waals surface area contributed by atoms with Crippen LogP contribution >= 0.6 is 0 Å². The number of anilines is 1. The number of alkyl halides is 1. The average Bonchev–Trinajstić information content (AvgIpc) is 2.71. The fourth-order valence-corrected chi connectivity index (χ4v) is 3.05. The number of nitrogens with zero attached hydrogens (tertiary/aromatic N) is 2. The highest BCUT2D eigenvalue weighted by Crippen LogP contribution is 2.37. The van der Waals surface area contributed by atoms with Crippen LogP contribution in [-0.2, 0) is 4.74 Å². The van der Waals surface area contributed by atoms with Crippen molar-refractivity contribution in [3.63, 3.8) is 0 Å². The van der Waals surface area contributed by atoms with E-state index in [1.54, 1.807) is 36.1 Å². The van der Waals surface area contributed by atoms with E-state index in [1.165, 1.54) is 4.90 Å². The Bertz CT molecular complexity index is 519. The van der Waals surface area contributed by atoms with Crippen LogP contribution in [0.25, 0.3) is 0 Å². The molecule has 1 amide bonds. The molecule has 5 nitrogen and oxygen atoms in total.